The average Bonchev–Trinajstić information content (AvgIpc) is 2.71. The highest BCUT2D eigenvalue weighted by Gasteiger charge is 2.48. The van der Waals surface area contributed by atoms with E-state index in [9.17, 15) is 18.3 Å². The molecule has 116 valence electrons. The number of hydrogen-bond donors (Lipinski definition) is 2. The second-order valence-electron chi connectivity index (χ2n) is 5.35. The number of halogens is 1. The van der Waals surface area contributed by atoms with Crippen LogP contribution in [-0.2, 0) is 19.6 Å². The third-order valence-corrected chi connectivity index (χ3v) is 6.07. The van der Waals surface area contributed by atoms with E-state index in [2.05, 4.69) is 20.7 Å². The number of carbonyl (C=O) groups is 1. The summed E-state index contributed by atoms with van der Waals surface area (Å²) in [5.74, 6) is -1.09. The zero-order chi connectivity index (χ0) is 15.8. The van der Waals surface area contributed by atoms with E-state index >= 15 is 0 Å². The Labute approximate surface area is 131 Å². The van der Waals surface area contributed by atoms with E-state index < -0.39 is 27.4 Å². The van der Waals surface area contributed by atoms with Crippen molar-refractivity contribution in [3.63, 3.8) is 0 Å². The molecule has 21 heavy (non-hydrogen) atoms. The summed E-state index contributed by atoms with van der Waals surface area (Å²) in [6, 6.07) is 4.04. The van der Waals surface area contributed by atoms with E-state index in [1.54, 1.807) is 12.1 Å². The van der Waals surface area contributed by atoms with E-state index in [-0.39, 0.29) is 18.1 Å². The van der Waals surface area contributed by atoms with E-state index in [1.807, 2.05) is 6.92 Å². The number of ether oxygens (including phenoxy) is 1. The van der Waals surface area contributed by atoms with Crippen LogP contribution in [0.5, 0.6) is 0 Å². The molecule has 0 aromatic heterocycles. The smallest absolute Gasteiger partial charge is 0.313 e. The topological polar surface area (TPSA) is 92.7 Å². The molecule has 1 fully saturated rings. The highest BCUT2D eigenvalue weighted by atomic mass is 79.9. The van der Waals surface area contributed by atoms with Gasteiger partial charge in [-0.2, -0.15) is 0 Å². The molecule has 0 amide bonds. The molecule has 8 heteroatoms. The standard InChI is InChI=1S/C13H16BrNO5S/c1-8-3-4-10(9(14)5-8)21(18,19)15-11-6-20-7-13(11,2)12(16)17/h3-5,11,15H,6-7H2,1-2H3,(H,16,17). The van der Waals surface area contributed by atoms with Crippen molar-refractivity contribution in [1.82, 2.24) is 4.72 Å². The minimum atomic E-state index is -3.84. The van der Waals surface area contributed by atoms with Crippen LogP contribution in [0.2, 0.25) is 0 Å². The fraction of sp³-hybridized carbons (Fsp3) is 0.462. The Hall–Kier alpha value is -0.960. The lowest BCUT2D eigenvalue weighted by atomic mass is 9.86. The number of aliphatic carboxylic acids is 1. The van der Waals surface area contributed by atoms with Crippen LogP contribution in [0.1, 0.15) is 12.5 Å². The van der Waals surface area contributed by atoms with Crippen molar-refractivity contribution < 1.29 is 23.1 Å². The molecule has 1 aromatic rings. The summed E-state index contributed by atoms with van der Waals surface area (Å²) in [5, 5.41) is 9.28. The first kappa shape index (κ1) is 16.4. The number of rotatable bonds is 4. The summed E-state index contributed by atoms with van der Waals surface area (Å²) < 4.78 is 32.9. The molecule has 0 aliphatic carbocycles. The Morgan fingerprint density at radius 2 is 2.19 bits per heavy atom. The maximum Gasteiger partial charge on any atom is 0.313 e. The van der Waals surface area contributed by atoms with E-state index in [4.69, 9.17) is 4.74 Å². The lowest BCUT2D eigenvalue weighted by molar-refractivity contribution is -0.148. The average molecular weight is 378 g/mol. The van der Waals surface area contributed by atoms with Crippen LogP contribution >= 0.6 is 15.9 Å². The van der Waals surface area contributed by atoms with Gasteiger partial charge in [0.15, 0.2) is 0 Å². The first-order chi connectivity index (χ1) is 9.67. The monoisotopic (exact) mass is 377 g/mol. The van der Waals surface area contributed by atoms with Gasteiger partial charge in [0.1, 0.15) is 5.41 Å². The Balaban J connectivity index is 2.31. The fourth-order valence-electron chi connectivity index (χ4n) is 2.12. The van der Waals surface area contributed by atoms with Gasteiger partial charge in [-0.1, -0.05) is 6.07 Å². The van der Waals surface area contributed by atoms with Crippen molar-refractivity contribution in [2.24, 2.45) is 5.41 Å². The van der Waals surface area contributed by atoms with Crippen LogP contribution in [0.4, 0.5) is 0 Å². The van der Waals surface area contributed by atoms with Crippen LogP contribution in [0.15, 0.2) is 27.6 Å². The number of aryl methyl sites for hydroxylation is 1. The fourth-order valence-corrected chi connectivity index (χ4v) is 4.65. The number of benzene rings is 1. The number of carboxylic acids is 1. The van der Waals surface area contributed by atoms with Gasteiger partial charge in [0.2, 0.25) is 10.0 Å². The van der Waals surface area contributed by atoms with E-state index in [0.29, 0.717) is 4.47 Å². The molecule has 1 aliphatic rings. The van der Waals surface area contributed by atoms with Crippen molar-refractivity contribution >= 4 is 31.9 Å². The Morgan fingerprint density at radius 1 is 1.52 bits per heavy atom. The highest BCUT2D eigenvalue weighted by Crippen LogP contribution is 2.31. The van der Waals surface area contributed by atoms with E-state index in [1.165, 1.54) is 13.0 Å². The molecule has 2 rings (SSSR count). The highest BCUT2D eigenvalue weighted by molar-refractivity contribution is 9.10. The van der Waals surface area contributed by atoms with Crippen LogP contribution in [0, 0.1) is 12.3 Å². The Kier molecular flexibility index (Phi) is 4.44. The minimum absolute atomic E-state index is 0.0232. The maximum absolute atomic E-state index is 12.4. The minimum Gasteiger partial charge on any atom is -0.481 e. The molecular formula is C13H16BrNO5S. The molecule has 1 aromatic carbocycles. The largest absolute Gasteiger partial charge is 0.481 e. The molecule has 0 spiro atoms. The van der Waals surface area contributed by atoms with Crippen LogP contribution in [0.25, 0.3) is 0 Å². The summed E-state index contributed by atoms with van der Waals surface area (Å²) in [6.45, 7) is 3.33. The summed E-state index contributed by atoms with van der Waals surface area (Å²) in [7, 11) is -3.84. The molecule has 1 heterocycles. The molecule has 2 unspecified atom stereocenters. The molecule has 1 saturated heterocycles. The lowest BCUT2D eigenvalue weighted by Crippen LogP contribution is -2.49. The zero-order valence-electron chi connectivity index (χ0n) is 11.6. The lowest BCUT2D eigenvalue weighted by Gasteiger charge is -2.25. The molecule has 0 saturated carbocycles. The Bertz CT molecular complexity index is 675. The molecule has 2 N–H and O–H groups in total. The number of sulfonamides is 1. The van der Waals surface area contributed by atoms with Gasteiger partial charge in [0.05, 0.1) is 24.2 Å². The number of nitrogens with one attached hydrogen (secondary N) is 1. The Morgan fingerprint density at radius 3 is 2.76 bits per heavy atom. The second kappa shape index (κ2) is 5.68. The summed E-state index contributed by atoms with van der Waals surface area (Å²) >= 11 is 3.22. The van der Waals surface area contributed by atoms with Crippen molar-refractivity contribution in [2.75, 3.05) is 13.2 Å². The van der Waals surface area contributed by atoms with Gasteiger partial charge in [0, 0.05) is 4.47 Å². The predicted molar refractivity (Wildman–Crippen MR) is 79.6 cm³/mol. The van der Waals surface area contributed by atoms with Gasteiger partial charge < -0.3 is 9.84 Å². The molecular weight excluding hydrogens is 362 g/mol. The molecule has 2 atom stereocenters. The SMILES string of the molecule is Cc1ccc(S(=O)(=O)NC2COCC2(C)C(=O)O)c(Br)c1. The molecule has 0 bridgehead atoms. The summed E-state index contributed by atoms with van der Waals surface area (Å²) in [4.78, 5) is 11.4. The number of carboxylic acid groups (broad SMARTS) is 1. The third kappa shape index (κ3) is 3.13. The van der Waals surface area contributed by atoms with Gasteiger partial charge in [-0.25, -0.2) is 13.1 Å². The molecule has 0 radical (unpaired) electrons. The molecule has 6 nitrogen and oxygen atoms in total. The van der Waals surface area contributed by atoms with Crippen molar-refractivity contribution in [3.05, 3.63) is 28.2 Å². The van der Waals surface area contributed by atoms with Gasteiger partial charge in [0.25, 0.3) is 0 Å². The predicted octanol–water partition coefficient (Wildman–Crippen LogP) is 1.53. The van der Waals surface area contributed by atoms with Gasteiger partial charge in [-0.15, -0.1) is 0 Å². The quantitative estimate of drug-likeness (QED) is 0.829. The van der Waals surface area contributed by atoms with Gasteiger partial charge in [-0.3, -0.25) is 4.79 Å². The molecule has 1 aliphatic heterocycles. The first-order valence-electron chi connectivity index (χ1n) is 6.26. The van der Waals surface area contributed by atoms with Gasteiger partial charge in [-0.05, 0) is 47.5 Å². The van der Waals surface area contributed by atoms with Crippen LogP contribution < -0.4 is 4.72 Å². The summed E-state index contributed by atoms with van der Waals surface area (Å²) in [5.41, 5.74) is -0.357. The summed E-state index contributed by atoms with van der Waals surface area (Å²) in [6.07, 6.45) is 0. The third-order valence-electron chi connectivity index (χ3n) is 3.62. The van der Waals surface area contributed by atoms with Gasteiger partial charge >= 0.3 is 5.97 Å². The van der Waals surface area contributed by atoms with Crippen LogP contribution in [0.3, 0.4) is 0 Å². The maximum atomic E-state index is 12.4. The van der Waals surface area contributed by atoms with Crippen molar-refractivity contribution in [2.45, 2.75) is 24.8 Å². The second-order valence-corrected chi connectivity index (χ2v) is 7.88. The first-order valence-corrected chi connectivity index (χ1v) is 8.54. The van der Waals surface area contributed by atoms with Crippen molar-refractivity contribution in [3.8, 4) is 0 Å². The normalized spacial score (nSPS) is 26.0. The number of hydrogen-bond acceptors (Lipinski definition) is 4. The van der Waals surface area contributed by atoms with Crippen molar-refractivity contribution in [1.29, 1.82) is 0 Å². The zero-order valence-corrected chi connectivity index (χ0v) is 14.0. The van der Waals surface area contributed by atoms with Crippen LogP contribution in [-0.4, -0.2) is 38.7 Å². The van der Waals surface area contributed by atoms with E-state index in [0.717, 1.165) is 5.56 Å².